The molecule has 2 aliphatic rings. The Morgan fingerprint density at radius 1 is 1.12 bits per heavy atom. The number of nitrogens with zero attached hydrogens (tertiary/aromatic N) is 2. The number of carbonyl (C=O) groups is 1. The van der Waals surface area contributed by atoms with Gasteiger partial charge in [0.25, 0.3) is 10.0 Å². The van der Waals surface area contributed by atoms with Crippen molar-refractivity contribution in [2.75, 3.05) is 25.5 Å². The van der Waals surface area contributed by atoms with Crippen LogP contribution in [0.15, 0.2) is 59.5 Å². The molecule has 40 heavy (non-hydrogen) atoms. The average Bonchev–Trinajstić information content (AvgIpc) is 3.56. The molecule has 220 valence electrons. The van der Waals surface area contributed by atoms with Crippen molar-refractivity contribution in [2.45, 2.75) is 75.0 Å². The third kappa shape index (κ3) is 6.76. The van der Waals surface area contributed by atoms with Crippen LogP contribution in [0.1, 0.15) is 38.7 Å². The molecular formula is C28H39N3O8S. The van der Waals surface area contributed by atoms with E-state index in [1.807, 2.05) is 44.2 Å². The van der Waals surface area contributed by atoms with Crippen molar-refractivity contribution >= 4 is 21.8 Å². The summed E-state index contributed by atoms with van der Waals surface area (Å²) in [7, 11) is -4.26. The average molecular weight is 578 g/mol. The van der Waals surface area contributed by atoms with E-state index in [2.05, 4.69) is 0 Å². The maximum absolute atomic E-state index is 13.7. The lowest BCUT2D eigenvalue weighted by atomic mass is 9.93. The van der Waals surface area contributed by atoms with Gasteiger partial charge in [0.05, 0.1) is 48.9 Å². The van der Waals surface area contributed by atoms with Gasteiger partial charge in [-0.2, -0.15) is 0 Å². The Morgan fingerprint density at radius 2 is 1.85 bits per heavy atom. The number of rotatable bonds is 13. The number of aliphatic hydroxyl groups is 1. The second kappa shape index (κ2) is 13.3. The Morgan fingerprint density at radius 3 is 2.50 bits per heavy atom. The minimum absolute atomic E-state index is 0.0875. The summed E-state index contributed by atoms with van der Waals surface area (Å²) in [5, 5.41) is 22.1. The molecule has 2 aliphatic heterocycles. The van der Waals surface area contributed by atoms with Crippen molar-refractivity contribution in [3.8, 4) is 0 Å². The van der Waals surface area contributed by atoms with Crippen LogP contribution in [0.5, 0.6) is 0 Å². The first kappa shape index (κ1) is 30.2. The van der Waals surface area contributed by atoms with Crippen molar-refractivity contribution < 1.29 is 37.7 Å². The second-order valence-electron chi connectivity index (χ2n) is 10.2. The van der Waals surface area contributed by atoms with E-state index in [0.717, 1.165) is 10.0 Å². The maximum atomic E-state index is 13.7. The van der Waals surface area contributed by atoms with E-state index in [9.17, 15) is 23.4 Å². The predicted molar refractivity (Wildman–Crippen MR) is 148 cm³/mol. The smallest absolute Gasteiger partial charge is 0.407 e. The van der Waals surface area contributed by atoms with Crippen molar-refractivity contribution in [3.05, 3.63) is 60.2 Å². The molecule has 2 aromatic rings. The van der Waals surface area contributed by atoms with Gasteiger partial charge in [-0.15, -0.1) is 0 Å². The third-order valence-electron chi connectivity index (χ3n) is 7.61. The number of nitrogen functional groups attached to an aromatic ring is 1. The van der Waals surface area contributed by atoms with E-state index in [1.54, 1.807) is 6.07 Å². The molecule has 0 aliphatic carbocycles. The number of amides is 1. The molecule has 0 saturated carbocycles. The van der Waals surface area contributed by atoms with Crippen LogP contribution in [0.2, 0.25) is 0 Å². The van der Waals surface area contributed by atoms with Crippen LogP contribution in [-0.2, 0) is 30.8 Å². The molecule has 4 N–H and O–H groups in total. The lowest BCUT2D eigenvalue weighted by molar-refractivity contribution is -0.153. The van der Waals surface area contributed by atoms with Gasteiger partial charge in [0, 0.05) is 11.6 Å². The molecule has 2 aromatic carbocycles. The van der Waals surface area contributed by atoms with Crippen molar-refractivity contribution in [3.63, 3.8) is 0 Å². The van der Waals surface area contributed by atoms with Crippen LogP contribution >= 0.6 is 0 Å². The second-order valence-corrected chi connectivity index (χ2v) is 12.0. The summed E-state index contributed by atoms with van der Waals surface area (Å²) in [6, 6.07) is 13.5. The SMILES string of the molecule is CCC(CC)ON(C[C@@H](O)[C@H](Cc1ccccc1)N(C(=O)O)[C@H]1CO[C@H]2OCC[C@H]21)S(=O)(=O)c1cccc(N)c1. The van der Waals surface area contributed by atoms with Crippen molar-refractivity contribution in [1.82, 2.24) is 9.37 Å². The lowest BCUT2D eigenvalue weighted by Gasteiger charge is -2.39. The molecule has 0 radical (unpaired) electrons. The largest absolute Gasteiger partial charge is 0.465 e. The molecule has 12 heteroatoms. The van der Waals surface area contributed by atoms with Crippen LogP contribution in [0.4, 0.5) is 10.5 Å². The summed E-state index contributed by atoms with van der Waals surface area (Å²) in [4.78, 5) is 19.8. The van der Waals surface area contributed by atoms with Gasteiger partial charge < -0.3 is 25.4 Å². The predicted octanol–water partition coefficient (Wildman–Crippen LogP) is 3.09. The molecule has 2 fully saturated rings. The maximum Gasteiger partial charge on any atom is 0.407 e. The topological polar surface area (TPSA) is 152 Å². The summed E-state index contributed by atoms with van der Waals surface area (Å²) in [5.74, 6) is -0.186. The fourth-order valence-corrected chi connectivity index (χ4v) is 6.76. The quantitative estimate of drug-likeness (QED) is 0.241. The fraction of sp³-hybridized carbons (Fsp3) is 0.536. The van der Waals surface area contributed by atoms with E-state index >= 15 is 0 Å². The molecule has 2 heterocycles. The molecule has 5 atom stereocenters. The normalized spacial score (nSPS) is 22.4. The van der Waals surface area contributed by atoms with Gasteiger partial charge in [-0.25, -0.2) is 13.2 Å². The first-order valence-corrected chi connectivity index (χ1v) is 15.1. The number of hydrogen-bond acceptors (Lipinski definition) is 8. The first-order chi connectivity index (χ1) is 19.1. The number of sulfonamides is 1. The zero-order valence-electron chi connectivity index (χ0n) is 22.8. The van der Waals surface area contributed by atoms with E-state index in [1.165, 1.54) is 23.1 Å². The summed E-state index contributed by atoms with van der Waals surface area (Å²) in [5.41, 5.74) is 6.92. The molecule has 0 unspecified atom stereocenters. The molecular weight excluding hydrogens is 538 g/mol. The van der Waals surface area contributed by atoms with Gasteiger partial charge in [-0.05, 0) is 49.4 Å². The number of fused-ring (bicyclic) bond motifs is 1. The van der Waals surface area contributed by atoms with Gasteiger partial charge in [0.2, 0.25) is 0 Å². The Labute approximate surface area is 235 Å². The molecule has 0 bridgehead atoms. The third-order valence-corrected chi connectivity index (χ3v) is 9.23. The Bertz CT molecular complexity index is 1230. The highest BCUT2D eigenvalue weighted by Gasteiger charge is 2.49. The molecule has 0 spiro atoms. The zero-order valence-corrected chi connectivity index (χ0v) is 23.7. The number of hydroxylamine groups is 1. The van der Waals surface area contributed by atoms with Gasteiger partial charge in [0.15, 0.2) is 6.29 Å². The number of benzene rings is 2. The molecule has 4 rings (SSSR count). The highest BCUT2D eigenvalue weighted by atomic mass is 32.2. The van der Waals surface area contributed by atoms with Gasteiger partial charge in [-0.3, -0.25) is 9.74 Å². The number of carboxylic acid groups (broad SMARTS) is 1. The molecule has 1 amide bonds. The fourth-order valence-electron chi connectivity index (χ4n) is 5.40. The molecule has 11 nitrogen and oxygen atoms in total. The van der Waals surface area contributed by atoms with Gasteiger partial charge in [-0.1, -0.05) is 54.7 Å². The summed E-state index contributed by atoms with van der Waals surface area (Å²) in [6.45, 7) is 3.84. The van der Waals surface area contributed by atoms with Crippen LogP contribution in [-0.4, -0.2) is 84.4 Å². The Kier molecular flexibility index (Phi) is 10.0. The van der Waals surface area contributed by atoms with E-state index < -0.39 is 53.2 Å². The van der Waals surface area contributed by atoms with Crippen molar-refractivity contribution in [1.29, 1.82) is 0 Å². The van der Waals surface area contributed by atoms with E-state index in [4.69, 9.17) is 20.0 Å². The van der Waals surface area contributed by atoms with E-state index in [0.29, 0.717) is 25.9 Å². The number of aliphatic hydroxyl groups excluding tert-OH is 1. The summed E-state index contributed by atoms with van der Waals surface area (Å²) >= 11 is 0. The van der Waals surface area contributed by atoms with E-state index in [-0.39, 0.29) is 29.5 Å². The van der Waals surface area contributed by atoms with Crippen molar-refractivity contribution in [2.24, 2.45) is 5.92 Å². The lowest BCUT2D eigenvalue weighted by Crippen LogP contribution is -2.57. The minimum atomic E-state index is -4.26. The summed E-state index contributed by atoms with van der Waals surface area (Å²) < 4.78 is 39.6. The monoisotopic (exact) mass is 577 g/mol. The number of hydrogen-bond donors (Lipinski definition) is 3. The van der Waals surface area contributed by atoms with Gasteiger partial charge in [0.1, 0.15) is 0 Å². The Balaban J connectivity index is 1.70. The Hall–Kier alpha value is -2.74. The minimum Gasteiger partial charge on any atom is -0.465 e. The van der Waals surface area contributed by atoms with Crippen LogP contribution in [0.3, 0.4) is 0 Å². The highest BCUT2D eigenvalue weighted by molar-refractivity contribution is 7.89. The number of nitrogens with two attached hydrogens (primary N) is 1. The molecule has 2 saturated heterocycles. The first-order valence-electron chi connectivity index (χ1n) is 13.7. The van der Waals surface area contributed by atoms with Crippen LogP contribution in [0.25, 0.3) is 0 Å². The highest BCUT2D eigenvalue weighted by Crippen LogP contribution is 2.36. The number of anilines is 1. The zero-order chi connectivity index (χ0) is 28.9. The van der Waals surface area contributed by atoms with Gasteiger partial charge >= 0.3 is 6.09 Å². The molecule has 0 aromatic heterocycles. The number of ether oxygens (including phenoxy) is 2. The standard InChI is InChI=1S/C28H39N3O8S/c1-3-21(4-2)39-30(40(35,36)22-12-8-11-20(29)16-22)17-26(32)24(15-19-9-6-5-7-10-19)31(28(33)34)25-18-38-27-23(25)13-14-37-27/h5-12,16,21,23-27,32H,3-4,13-15,17-18,29H2,1-2H3,(H,33,34)/t23-,24-,25-,26+,27+/m0/s1. The van der Waals surface area contributed by atoms with Crippen LogP contribution < -0.4 is 5.73 Å². The summed E-state index contributed by atoms with van der Waals surface area (Å²) in [6.07, 6.45) is -1.76. The van der Waals surface area contributed by atoms with Crippen LogP contribution in [0, 0.1) is 5.92 Å².